The molecule has 1 heterocycles. The maximum absolute atomic E-state index is 12.2. The topological polar surface area (TPSA) is 35.5 Å². The summed E-state index contributed by atoms with van der Waals surface area (Å²) in [5, 5.41) is 0. The molecule has 0 spiro atoms. The molecule has 3 rings (SSSR count). The molecule has 2 aromatic rings. The summed E-state index contributed by atoms with van der Waals surface area (Å²) >= 11 is 0. The Hall–Kier alpha value is -2.13. The fraction of sp³-hybridized carbons (Fsp3) is 0.278. The van der Waals surface area contributed by atoms with E-state index < -0.39 is 11.2 Å². The Morgan fingerprint density at radius 2 is 1.62 bits per heavy atom. The van der Waals surface area contributed by atoms with Gasteiger partial charge in [-0.05, 0) is 25.5 Å². The Labute approximate surface area is 124 Å². The SMILES string of the molecule is COC1(C(C)(C)c2ccccc2)OC(=O)c2ccccc21. The molecule has 0 aromatic heterocycles. The van der Waals surface area contributed by atoms with Crippen molar-refractivity contribution in [3.05, 3.63) is 71.3 Å². The predicted octanol–water partition coefficient (Wildman–Crippen LogP) is 3.63. The van der Waals surface area contributed by atoms with Crippen molar-refractivity contribution in [2.75, 3.05) is 7.11 Å². The van der Waals surface area contributed by atoms with Crippen LogP contribution in [0.2, 0.25) is 0 Å². The number of carbonyl (C=O) groups is 1. The fourth-order valence-corrected chi connectivity index (χ4v) is 3.10. The van der Waals surface area contributed by atoms with Gasteiger partial charge in [-0.25, -0.2) is 4.79 Å². The molecule has 3 heteroatoms. The van der Waals surface area contributed by atoms with Gasteiger partial charge in [0, 0.05) is 12.7 Å². The van der Waals surface area contributed by atoms with Gasteiger partial charge >= 0.3 is 5.97 Å². The molecule has 0 radical (unpaired) electrons. The van der Waals surface area contributed by atoms with Gasteiger partial charge < -0.3 is 9.47 Å². The number of cyclic esters (lactones) is 1. The molecular formula is C18H18O3. The lowest BCUT2D eigenvalue weighted by atomic mass is 9.73. The van der Waals surface area contributed by atoms with Crippen molar-refractivity contribution in [3.63, 3.8) is 0 Å². The number of carbonyl (C=O) groups excluding carboxylic acids is 1. The number of esters is 1. The van der Waals surface area contributed by atoms with E-state index >= 15 is 0 Å². The lowest BCUT2D eigenvalue weighted by Crippen LogP contribution is -2.47. The molecule has 0 N–H and O–H groups in total. The minimum absolute atomic E-state index is 0.337. The first-order valence-electron chi connectivity index (χ1n) is 6.96. The third kappa shape index (κ3) is 1.81. The van der Waals surface area contributed by atoms with E-state index in [1.807, 2.05) is 62.4 Å². The van der Waals surface area contributed by atoms with Crippen LogP contribution >= 0.6 is 0 Å². The number of methoxy groups -OCH3 is 1. The van der Waals surface area contributed by atoms with Gasteiger partial charge in [0.15, 0.2) is 0 Å². The molecule has 1 unspecified atom stereocenters. The molecule has 0 amide bonds. The molecule has 0 fully saturated rings. The van der Waals surface area contributed by atoms with Crippen LogP contribution in [0.3, 0.4) is 0 Å². The highest BCUT2D eigenvalue weighted by Crippen LogP contribution is 2.50. The minimum atomic E-state index is -1.11. The molecule has 3 nitrogen and oxygen atoms in total. The summed E-state index contributed by atoms with van der Waals surface area (Å²) in [5.74, 6) is -1.45. The largest absolute Gasteiger partial charge is 0.424 e. The third-order valence-electron chi connectivity index (χ3n) is 4.34. The molecule has 0 saturated carbocycles. The first-order chi connectivity index (χ1) is 10.0. The van der Waals surface area contributed by atoms with Crippen LogP contribution in [0.15, 0.2) is 54.6 Å². The number of rotatable bonds is 3. The molecular weight excluding hydrogens is 264 g/mol. The van der Waals surface area contributed by atoms with Crippen molar-refractivity contribution in [3.8, 4) is 0 Å². The highest BCUT2D eigenvalue weighted by atomic mass is 16.7. The van der Waals surface area contributed by atoms with E-state index in [4.69, 9.17) is 9.47 Å². The van der Waals surface area contributed by atoms with Crippen molar-refractivity contribution in [1.29, 1.82) is 0 Å². The minimum Gasteiger partial charge on any atom is -0.424 e. The van der Waals surface area contributed by atoms with Crippen LogP contribution in [0.4, 0.5) is 0 Å². The molecule has 0 bridgehead atoms. The molecule has 21 heavy (non-hydrogen) atoms. The molecule has 0 saturated heterocycles. The van der Waals surface area contributed by atoms with Crippen molar-refractivity contribution < 1.29 is 14.3 Å². The van der Waals surface area contributed by atoms with Crippen molar-refractivity contribution in [1.82, 2.24) is 0 Å². The van der Waals surface area contributed by atoms with Crippen molar-refractivity contribution in [2.45, 2.75) is 25.0 Å². The number of hydrogen-bond acceptors (Lipinski definition) is 3. The molecule has 1 aliphatic heterocycles. The van der Waals surface area contributed by atoms with Gasteiger partial charge in [-0.2, -0.15) is 0 Å². The second-order valence-corrected chi connectivity index (χ2v) is 5.75. The van der Waals surface area contributed by atoms with E-state index in [9.17, 15) is 4.79 Å². The Bertz CT molecular complexity index is 676. The van der Waals surface area contributed by atoms with Gasteiger partial charge in [0.05, 0.1) is 11.0 Å². The Morgan fingerprint density at radius 3 is 2.29 bits per heavy atom. The monoisotopic (exact) mass is 282 g/mol. The van der Waals surface area contributed by atoms with Crippen LogP contribution in [-0.4, -0.2) is 13.1 Å². The van der Waals surface area contributed by atoms with E-state index in [0.717, 1.165) is 11.1 Å². The van der Waals surface area contributed by atoms with E-state index in [2.05, 4.69) is 0 Å². The second-order valence-electron chi connectivity index (χ2n) is 5.75. The average molecular weight is 282 g/mol. The van der Waals surface area contributed by atoms with E-state index in [-0.39, 0.29) is 5.97 Å². The van der Waals surface area contributed by atoms with Crippen molar-refractivity contribution >= 4 is 5.97 Å². The highest BCUT2D eigenvalue weighted by molar-refractivity contribution is 5.94. The zero-order valence-corrected chi connectivity index (χ0v) is 12.4. The van der Waals surface area contributed by atoms with E-state index in [1.54, 1.807) is 13.2 Å². The maximum Gasteiger partial charge on any atom is 0.341 e. The van der Waals surface area contributed by atoms with Gasteiger partial charge in [0.1, 0.15) is 0 Å². The second kappa shape index (κ2) is 4.71. The van der Waals surface area contributed by atoms with Crippen LogP contribution in [0.25, 0.3) is 0 Å². The summed E-state index contributed by atoms with van der Waals surface area (Å²) in [4.78, 5) is 12.2. The van der Waals surface area contributed by atoms with Crippen LogP contribution in [0, 0.1) is 0 Å². The van der Waals surface area contributed by atoms with Crippen LogP contribution in [-0.2, 0) is 20.7 Å². The van der Waals surface area contributed by atoms with Gasteiger partial charge in [0.25, 0.3) is 5.79 Å². The zero-order chi connectivity index (χ0) is 15.1. The van der Waals surface area contributed by atoms with Crippen LogP contribution < -0.4 is 0 Å². The fourth-order valence-electron chi connectivity index (χ4n) is 3.10. The van der Waals surface area contributed by atoms with Crippen LogP contribution in [0.5, 0.6) is 0 Å². The first kappa shape index (κ1) is 13.8. The number of hydrogen-bond donors (Lipinski definition) is 0. The van der Waals surface area contributed by atoms with Gasteiger partial charge in [-0.3, -0.25) is 0 Å². The van der Waals surface area contributed by atoms with Crippen molar-refractivity contribution in [2.24, 2.45) is 0 Å². The zero-order valence-electron chi connectivity index (χ0n) is 12.4. The smallest absolute Gasteiger partial charge is 0.341 e. The lowest BCUT2D eigenvalue weighted by Gasteiger charge is -2.41. The van der Waals surface area contributed by atoms with Gasteiger partial charge in [-0.15, -0.1) is 0 Å². The van der Waals surface area contributed by atoms with E-state index in [1.165, 1.54) is 0 Å². The molecule has 1 aliphatic rings. The summed E-state index contributed by atoms with van der Waals surface area (Å²) in [6.07, 6.45) is 0. The summed E-state index contributed by atoms with van der Waals surface area (Å²) in [7, 11) is 1.58. The Morgan fingerprint density at radius 1 is 1.00 bits per heavy atom. The molecule has 1 atom stereocenters. The maximum atomic E-state index is 12.2. The standard InChI is InChI=1S/C18H18O3/c1-17(2,13-9-5-4-6-10-13)18(20-3)15-12-8-7-11-14(15)16(19)21-18/h4-12H,1-3H3. The summed E-state index contributed by atoms with van der Waals surface area (Å²) in [5.41, 5.74) is 1.89. The number of fused-ring (bicyclic) bond motifs is 1. The van der Waals surface area contributed by atoms with Gasteiger partial charge in [0.2, 0.25) is 0 Å². The Balaban J connectivity index is 2.21. The van der Waals surface area contributed by atoms with E-state index in [0.29, 0.717) is 5.56 Å². The average Bonchev–Trinajstić information content (AvgIpc) is 2.83. The summed E-state index contributed by atoms with van der Waals surface area (Å²) in [6, 6.07) is 17.4. The van der Waals surface area contributed by atoms with Crippen LogP contribution in [0.1, 0.15) is 35.3 Å². The summed E-state index contributed by atoms with van der Waals surface area (Å²) < 4.78 is 11.5. The first-order valence-corrected chi connectivity index (χ1v) is 6.96. The van der Waals surface area contributed by atoms with Gasteiger partial charge in [-0.1, -0.05) is 48.5 Å². The Kier molecular flexibility index (Phi) is 3.10. The normalized spacial score (nSPS) is 21.0. The third-order valence-corrected chi connectivity index (χ3v) is 4.34. The number of benzene rings is 2. The molecule has 108 valence electrons. The predicted molar refractivity (Wildman–Crippen MR) is 80.0 cm³/mol. The lowest BCUT2D eigenvalue weighted by molar-refractivity contribution is -0.227. The molecule has 0 aliphatic carbocycles. The highest BCUT2D eigenvalue weighted by Gasteiger charge is 2.57. The molecule has 2 aromatic carbocycles. The quantitative estimate of drug-likeness (QED) is 0.806. The summed E-state index contributed by atoms with van der Waals surface area (Å²) in [6.45, 7) is 4.06. The number of ether oxygens (including phenoxy) is 2.